The van der Waals surface area contributed by atoms with E-state index in [4.69, 9.17) is 4.74 Å². The first-order valence-electron chi connectivity index (χ1n) is 6.96. The van der Waals surface area contributed by atoms with Gasteiger partial charge in [0.15, 0.2) is 0 Å². The molecule has 0 unspecified atom stereocenters. The summed E-state index contributed by atoms with van der Waals surface area (Å²) >= 11 is 0. The van der Waals surface area contributed by atoms with Crippen molar-refractivity contribution in [3.05, 3.63) is 39.4 Å². The summed E-state index contributed by atoms with van der Waals surface area (Å²) in [5.74, 6) is -0.701. The number of nitrogens with zero attached hydrogens (tertiary/aromatic N) is 3. The molecule has 2 amide bonds. The Balaban J connectivity index is 2.12. The van der Waals surface area contributed by atoms with Gasteiger partial charge in [-0.1, -0.05) is 6.07 Å². The van der Waals surface area contributed by atoms with Crippen molar-refractivity contribution in [2.45, 2.75) is 0 Å². The minimum atomic E-state index is -0.964. The molecule has 0 saturated carbocycles. The molecule has 9 heteroatoms. The molecule has 1 aromatic rings. The molecule has 0 spiro atoms. The molecule has 1 aliphatic rings. The van der Waals surface area contributed by atoms with Gasteiger partial charge in [0.2, 0.25) is 0 Å². The second-order valence-corrected chi connectivity index (χ2v) is 5.15. The fourth-order valence-corrected chi connectivity index (χ4v) is 2.17. The number of carbonyl (C=O) groups excluding carboxylic acids is 2. The zero-order chi connectivity index (χ0) is 17.0. The van der Waals surface area contributed by atoms with E-state index < -0.39 is 16.9 Å². The molecule has 0 aromatic heterocycles. The van der Waals surface area contributed by atoms with Crippen LogP contribution in [-0.4, -0.2) is 67.1 Å². The van der Waals surface area contributed by atoms with E-state index >= 15 is 0 Å². The third kappa shape index (κ3) is 3.75. The van der Waals surface area contributed by atoms with Crippen molar-refractivity contribution in [3.63, 3.8) is 0 Å². The Morgan fingerprint density at radius 2 is 1.96 bits per heavy atom. The second-order valence-electron chi connectivity index (χ2n) is 5.15. The Kier molecular flexibility index (Phi) is 5.12. The number of benzene rings is 1. The van der Waals surface area contributed by atoms with Gasteiger partial charge in [-0.15, -0.1) is 10.1 Å². The van der Waals surface area contributed by atoms with E-state index in [1.54, 1.807) is 12.1 Å². The molecule has 0 fully saturated rings. The topological polar surface area (TPSA) is 102 Å². The molecule has 1 aromatic carbocycles. The molecule has 0 aliphatic carbocycles. The predicted octanol–water partition coefficient (Wildman–Crippen LogP) is 0.431. The molecule has 1 aliphatic heterocycles. The number of carbonyl (C=O) groups is 2. The second kappa shape index (κ2) is 7.05. The Morgan fingerprint density at radius 3 is 2.61 bits per heavy atom. The van der Waals surface area contributed by atoms with Gasteiger partial charge in [-0.3, -0.25) is 14.5 Å². The predicted molar refractivity (Wildman–Crippen MR) is 78.8 cm³/mol. The number of rotatable bonds is 8. The number of hydrogen-bond acceptors (Lipinski definition) is 7. The van der Waals surface area contributed by atoms with Gasteiger partial charge < -0.3 is 14.5 Å². The fourth-order valence-electron chi connectivity index (χ4n) is 2.17. The SMILES string of the molecule is CN(C)CCOc1cccc2c1C(=O)N(CCO[N+](=O)[O-])C2=O. The molecule has 9 nitrogen and oxygen atoms in total. The molecule has 0 radical (unpaired) electrons. The highest BCUT2D eigenvalue weighted by Gasteiger charge is 2.37. The Labute approximate surface area is 132 Å². The number of imide groups is 1. The van der Waals surface area contributed by atoms with Crippen LogP contribution in [0.3, 0.4) is 0 Å². The molecule has 1 heterocycles. The van der Waals surface area contributed by atoms with Gasteiger partial charge in [-0.25, -0.2) is 0 Å². The van der Waals surface area contributed by atoms with Crippen LogP contribution in [0.25, 0.3) is 0 Å². The molecule has 124 valence electrons. The molecule has 0 saturated heterocycles. The van der Waals surface area contributed by atoms with Crippen molar-refractivity contribution < 1.29 is 24.3 Å². The highest BCUT2D eigenvalue weighted by atomic mass is 16.9. The quantitative estimate of drug-likeness (QED) is 0.388. The van der Waals surface area contributed by atoms with Crippen LogP contribution < -0.4 is 4.74 Å². The first-order valence-corrected chi connectivity index (χ1v) is 6.96. The lowest BCUT2D eigenvalue weighted by Gasteiger charge is -2.14. The average molecular weight is 323 g/mol. The Hall–Kier alpha value is -2.68. The molecular formula is C14H17N3O6. The number of fused-ring (bicyclic) bond motifs is 1. The van der Waals surface area contributed by atoms with Crippen molar-refractivity contribution >= 4 is 11.8 Å². The number of ether oxygens (including phenoxy) is 1. The summed E-state index contributed by atoms with van der Waals surface area (Å²) in [4.78, 5) is 41.8. The van der Waals surface area contributed by atoms with Gasteiger partial charge in [0.1, 0.15) is 19.0 Å². The van der Waals surface area contributed by atoms with E-state index in [1.165, 1.54) is 6.07 Å². The first-order chi connectivity index (χ1) is 10.9. The maximum Gasteiger partial charge on any atom is 0.294 e. The molecule has 0 bridgehead atoms. The van der Waals surface area contributed by atoms with Gasteiger partial charge in [-0.2, -0.15) is 0 Å². The lowest BCUT2D eigenvalue weighted by molar-refractivity contribution is -0.757. The third-order valence-corrected chi connectivity index (χ3v) is 3.27. The van der Waals surface area contributed by atoms with Crippen molar-refractivity contribution in [2.24, 2.45) is 0 Å². The highest BCUT2D eigenvalue weighted by Crippen LogP contribution is 2.30. The Morgan fingerprint density at radius 1 is 1.22 bits per heavy atom. The lowest BCUT2D eigenvalue weighted by Crippen LogP contribution is -2.33. The maximum absolute atomic E-state index is 12.4. The van der Waals surface area contributed by atoms with E-state index in [0.717, 1.165) is 4.90 Å². The summed E-state index contributed by atoms with van der Waals surface area (Å²) in [5.41, 5.74) is 0.427. The van der Waals surface area contributed by atoms with Crippen molar-refractivity contribution in [3.8, 4) is 5.75 Å². The van der Waals surface area contributed by atoms with Crippen LogP contribution in [0.4, 0.5) is 0 Å². The average Bonchev–Trinajstić information content (AvgIpc) is 2.72. The van der Waals surface area contributed by atoms with Crippen LogP contribution in [-0.2, 0) is 4.84 Å². The highest BCUT2D eigenvalue weighted by molar-refractivity contribution is 6.22. The van der Waals surface area contributed by atoms with Crippen LogP contribution in [0.15, 0.2) is 18.2 Å². The number of hydrogen-bond donors (Lipinski definition) is 0. The van der Waals surface area contributed by atoms with Gasteiger partial charge in [0.25, 0.3) is 16.9 Å². The lowest BCUT2D eigenvalue weighted by atomic mass is 10.1. The van der Waals surface area contributed by atoms with E-state index in [9.17, 15) is 19.7 Å². The number of amides is 2. The summed E-state index contributed by atoms with van der Waals surface area (Å²) in [6.07, 6.45) is 0. The van der Waals surface area contributed by atoms with Crippen molar-refractivity contribution in [1.29, 1.82) is 0 Å². The van der Waals surface area contributed by atoms with Crippen LogP contribution in [0.5, 0.6) is 5.75 Å². The molecule has 2 rings (SSSR count). The van der Waals surface area contributed by atoms with Crippen molar-refractivity contribution in [1.82, 2.24) is 9.80 Å². The summed E-state index contributed by atoms with van der Waals surface area (Å²) in [5, 5.41) is 9.19. The van der Waals surface area contributed by atoms with Gasteiger partial charge in [0, 0.05) is 6.54 Å². The van der Waals surface area contributed by atoms with E-state index in [1.807, 2.05) is 19.0 Å². The van der Waals surface area contributed by atoms with E-state index in [0.29, 0.717) is 18.9 Å². The molecule has 23 heavy (non-hydrogen) atoms. The third-order valence-electron chi connectivity index (χ3n) is 3.27. The minimum Gasteiger partial charge on any atom is -0.491 e. The summed E-state index contributed by atoms with van der Waals surface area (Å²) in [7, 11) is 3.79. The minimum absolute atomic E-state index is 0.190. The normalized spacial score (nSPS) is 13.4. The maximum atomic E-state index is 12.4. The molecule has 0 atom stereocenters. The zero-order valence-corrected chi connectivity index (χ0v) is 12.9. The smallest absolute Gasteiger partial charge is 0.294 e. The van der Waals surface area contributed by atoms with Crippen LogP contribution in [0.2, 0.25) is 0 Å². The largest absolute Gasteiger partial charge is 0.491 e. The fraction of sp³-hybridized carbons (Fsp3) is 0.429. The van der Waals surface area contributed by atoms with E-state index in [-0.39, 0.29) is 24.3 Å². The standard InChI is InChI=1S/C14H17N3O6/c1-15(2)6-8-22-11-5-3-4-10-12(11)14(19)16(13(10)18)7-9-23-17(20)21/h3-5H,6-9H2,1-2H3. The van der Waals surface area contributed by atoms with Gasteiger partial charge in [-0.05, 0) is 26.2 Å². The summed E-state index contributed by atoms with van der Waals surface area (Å²) < 4.78 is 5.59. The van der Waals surface area contributed by atoms with Crippen LogP contribution in [0, 0.1) is 10.1 Å². The first kappa shape index (κ1) is 16.7. The number of likely N-dealkylation sites (N-methyl/N-ethyl adjacent to an activating group) is 1. The van der Waals surface area contributed by atoms with Gasteiger partial charge in [0.05, 0.1) is 17.7 Å². The monoisotopic (exact) mass is 323 g/mol. The Bertz CT molecular complexity index is 631. The van der Waals surface area contributed by atoms with Crippen molar-refractivity contribution in [2.75, 3.05) is 40.4 Å². The van der Waals surface area contributed by atoms with Crippen LogP contribution in [0.1, 0.15) is 20.7 Å². The summed E-state index contributed by atoms with van der Waals surface area (Å²) in [6, 6.07) is 4.78. The molecule has 0 N–H and O–H groups in total. The zero-order valence-electron chi connectivity index (χ0n) is 12.9. The summed E-state index contributed by atoms with van der Waals surface area (Å²) in [6.45, 7) is 0.474. The molecular weight excluding hydrogens is 306 g/mol. The van der Waals surface area contributed by atoms with Crippen LogP contribution >= 0.6 is 0 Å². The van der Waals surface area contributed by atoms with Gasteiger partial charge >= 0.3 is 0 Å². The van der Waals surface area contributed by atoms with E-state index in [2.05, 4.69) is 4.84 Å².